The van der Waals surface area contributed by atoms with E-state index in [4.69, 9.17) is 14.7 Å². The summed E-state index contributed by atoms with van der Waals surface area (Å²) in [5.74, 6) is 2.71. The van der Waals surface area contributed by atoms with E-state index in [1.807, 2.05) is 34.6 Å². The minimum atomic E-state index is 0.0438. The zero-order chi connectivity index (χ0) is 24.7. The number of aliphatic hydroxyl groups excluding tert-OH is 1. The van der Waals surface area contributed by atoms with Crippen molar-refractivity contribution in [3.05, 3.63) is 42.0 Å². The molecular formula is C25H32N8O2. The number of imidazole rings is 1. The van der Waals surface area contributed by atoms with Crippen LogP contribution in [-0.4, -0.2) is 60.7 Å². The second kappa shape index (κ2) is 9.18. The van der Waals surface area contributed by atoms with E-state index in [1.54, 1.807) is 13.4 Å². The normalized spacial score (nSPS) is 16.0. The monoisotopic (exact) mass is 476 g/mol. The smallest absolute Gasteiger partial charge is 0.232 e. The van der Waals surface area contributed by atoms with Crippen molar-refractivity contribution in [2.45, 2.75) is 52.6 Å². The molecule has 3 aromatic heterocycles. The first kappa shape index (κ1) is 23.1. The predicted molar refractivity (Wildman–Crippen MR) is 136 cm³/mol. The minimum Gasteiger partial charge on any atom is -0.496 e. The van der Waals surface area contributed by atoms with Gasteiger partial charge in [-0.3, -0.25) is 0 Å². The maximum atomic E-state index is 9.91. The fourth-order valence-corrected chi connectivity index (χ4v) is 4.68. The van der Waals surface area contributed by atoms with E-state index in [2.05, 4.69) is 47.1 Å². The Kier molecular flexibility index (Phi) is 6.06. The number of fused-ring (bicyclic) bond motifs is 1. The lowest BCUT2D eigenvalue weighted by atomic mass is 10.1. The number of rotatable bonds is 7. The summed E-state index contributed by atoms with van der Waals surface area (Å²) in [6.07, 6.45) is 7.44. The number of aromatic nitrogens is 6. The summed E-state index contributed by atoms with van der Waals surface area (Å²) in [6.45, 7) is 9.20. The van der Waals surface area contributed by atoms with E-state index in [-0.39, 0.29) is 18.7 Å². The summed E-state index contributed by atoms with van der Waals surface area (Å²) < 4.78 is 9.37. The number of aryl methyl sites for hydroxylation is 1. The van der Waals surface area contributed by atoms with Crippen LogP contribution in [0.3, 0.4) is 0 Å². The van der Waals surface area contributed by atoms with Crippen molar-refractivity contribution in [3.8, 4) is 11.4 Å². The van der Waals surface area contributed by atoms with E-state index < -0.39 is 0 Å². The third-order valence-electron chi connectivity index (χ3n) is 6.73. The van der Waals surface area contributed by atoms with Crippen molar-refractivity contribution in [1.29, 1.82) is 0 Å². The molecule has 1 fully saturated rings. The molecule has 1 aliphatic rings. The summed E-state index contributed by atoms with van der Waals surface area (Å²) in [7, 11) is 1.68. The number of ether oxygens (including phenoxy) is 1. The van der Waals surface area contributed by atoms with Crippen LogP contribution in [0, 0.1) is 13.8 Å². The predicted octanol–water partition coefficient (Wildman–Crippen LogP) is 3.92. The van der Waals surface area contributed by atoms with Crippen molar-refractivity contribution in [2.24, 2.45) is 0 Å². The molecule has 0 unspecified atom stereocenters. The lowest BCUT2D eigenvalue weighted by Gasteiger charge is -2.25. The molecule has 0 amide bonds. The van der Waals surface area contributed by atoms with Crippen LogP contribution in [0.15, 0.2) is 30.9 Å². The standard InChI is InChI=1S/C25H32N8O2/c1-15(2)33-24-20(11-27-33)23(32-8-6-7-18(32)13-34)29-25(30-24)28-22-12-31(14-26-22)19-9-16(3)17(4)21(10-19)35-5/h9-12,14-15,18,34H,6-8,13H2,1-5H3,(H,28,29,30)/t18-/m0/s1. The lowest BCUT2D eigenvalue weighted by Crippen LogP contribution is -2.33. The number of methoxy groups -OCH3 is 1. The van der Waals surface area contributed by atoms with Gasteiger partial charge >= 0.3 is 0 Å². The quantitative estimate of drug-likeness (QED) is 0.413. The van der Waals surface area contributed by atoms with Gasteiger partial charge in [-0.25, -0.2) is 9.67 Å². The van der Waals surface area contributed by atoms with E-state index >= 15 is 0 Å². The van der Waals surface area contributed by atoms with Crippen LogP contribution in [0.4, 0.5) is 17.6 Å². The zero-order valence-electron chi connectivity index (χ0n) is 20.9. The second-order valence-corrected chi connectivity index (χ2v) is 9.34. The van der Waals surface area contributed by atoms with Crippen LogP contribution < -0.4 is 15.0 Å². The first-order chi connectivity index (χ1) is 16.9. The van der Waals surface area contributed by atoms with Crippen molar-refractivity contribution in [1.82, 2.24) is 29.3 Å². The molecule has 4 heterocycles. The molecule has 1 atom stereocenters. The van der Waals surface area contributed by atoms with Gasteiger partial charge in [0.25, 0.3) is 0 Å². The van der Waals surface area contributed by atoms with Crippen LogP contribution in [0.1, 0.15) is 43.9 Å². The highest BCUT2D eigenvalue weighted by Gasteiger charge is 2.28. The van der Waals surface area contributed by atoms with Gasteiger partial charge in [-0.2, -0.15) is 15.1 Å². The Balaban J connectivity index is 1.52. The summed E-state index contributed by atoms with van der Waals surface area (Å²) in [5, 5.41) is 18.6. The van der Waals surface area contributed by atoms with E-state index in [0.717, 1.165) is 58.8 Å². The van der Waals surface area contributed by atoms with Gasteiger partial charge in [0.1, 0.15) is 17.9 Å². The molecule has 1 aromatic carbocycles. The Morgan fingerprint density at radius 1 is 1.23 bits per heavy atom. The average Bonchev–Trinajstić information content (AvgIpc) is 3.59. The Morgan fingerprint density at radius 3 is 2.80 bits per heavy atom. The molecule has 0 bridgehead atoms. The molecule has 35 heavy (non-hydrogen) atoms. The SMILES string of the molecule is COc1cc(-n2cnc(Nc3nc(N4CCC[C@H]4CO)c4cnn(C(C)C)c4n3)c2)cc(C)c1C. The van der Waals surface area contributed by atoms with E-state index in [0.29, 0.717) is 11.8 Å². The summed E-state index contributed by atoms with van der Waals surface area (Å²) in [5.41, 5.74) is 3.98. The highest BCUT2D eigenvalue weighted by atomic mass is 16.5. The summed E-state index contributed by atoms with van der Waals surface area (Å²) in [4.78, 5) is 16.3. The molecular weight excluding hydrogens is 444 g/mol. The van der Waals surface area contributed by atoms with Gasteiger partial charge in [-0.05, 0) is 57.7 Å². The van der Waals surface area contributed by atoms with Gasteiger partial charge in [0.05, 0.1) is 43.2 Å². The lowest BCUT2D eigenvalue weighted by molar-refractivity contribution is 0.266. The number of nitrogens with one attached hydrogen (secondary N) is 1. The summed E-state index contributed by atoms with van der Waals surface area (Å²) in [6, 6.07) is 4.29. The number of anilines is 3. The minimum absolute atomic E-state index is 0.0438. The molecule has 1 aliphatic heterocycles. The first-order valence-electron chi connectivity index (χ1n) is 12.0. The van der Waals surface area contributed by atoms with Gasteiger partial charge in [-0.15, -0.1) is 0 Å². The Labute approximate surface area is 204 Å². The average molecular weight is 477 g/mol. The maximum Gasteiger partial charge on any atom is 0.232 e. The maximum absolute atomic E-state index is 9.91. The fourth-order valence-electron chi connectivity index (χ4n) is 4.68. The van der Waals surface area contributed by atoms with E-state index in [1.165, 1.54) is 0 Å². The van der Waals surface area contributed by atoms with Crippen LogP contribution in [-0.2, 0) is 0 Å². The van der Waals surface area contributed by atoms with Crippen molar-refractivity contribution >= 4 is 28.6 Å². The molecule has 10 heteroatoms. The molecule has 10 nitrogen and oxygen atoms in total. The molecule has 1 saturated heterocycles. The third kappa shape index (κ3) is 4.18. The van der Waals surface area contributed by atoms with Gasteiger partial charge in [0.15, 0.2) is 11.5 Å². The number of hydrogen-bond donors (Lipinski definition) is 2. The van der Waals surface area contributed by atoms with E-state index in [9.17, 15) is 5.11 Å². The Morgan fingerprint density at radius 2 is 2.06 bits per heavy atom. The van der Waals surface area contributed by atoms with Crippen LogP contribution >= 0.6 is 0 Å². The van der Waals surface area contributed by atoms with Gasteiger partial charge in [0.2, 0.25) is 5.95 Å². The van der Waals surface area contributed by atoms with Crippen LogP contribution in [0.25, 0.3) is 16.7 Å². The molecule has 2 N–H and O–H groups in total. The van der Waals surface area contributed by atoms with Gasteiger partial charge in [0, 0.05) is 18.7 Å². The fraction of sp³-hybridized carbons (Fsp3) is 0.440. The molecule has 5 rings (SSSR count). The largest absolute Gasteiger partial charge is 0.496 e. The second-order valence-electron chi connectivity index (χ2n) is 9.34. The highest BCUT2D eigenvalue weighted by molar-refractivity contribution is 5.88. The number of aliphatic hydroxyl groups is 1. The summed E-state index contributed by atoms with van der Waals surface area (Å²) >= 11 is 0. The number of benzene rings is 1. The van der Waals surface area contributed by atoms with Crippen molar-refractivity contribution in [3.63, 3.8) is 0 Å². The zero-order valence-corrected chi connectivity index (χ0v) is 20.9. The van der Waals surface area contributed by atoms with Crippen LogP contribution in [0.2, 0.25) is 0 Å². The van der Waals surface area contributed by atoms with Gasteiger partial charge < -0.3 is 24.6 Å². The molecule has 184 valence electrons. The number of nitrogens with zero attached hydrogens (tertiary/aromatic N) is 7. The topological polar surface area (TPSA) is 106 Å². The Bertz CT molecular complexity index is 1360. The van der Waals surface area contributed by atoms with Crippen molar-refractivity contribution in [2.75, 3.05) is 30.5 Å². The van der Waals surface area contributed by atoms with Crippen molar-refractivity contribution < 1.29 is 9.84 Å². The molecule has 0 radical (unpaired) electrons. The molecule has 4 aromatic rings. The Hall–Kier alpha value is -3.66. The molecule has 0 saturated carbocycles. The molecule has 0 spiro atoms. The first-order valence-corrected chi connectivity index (χ1v) is 12.0. The number of hydrogen-bond acceptors (Lipinski definition) is 8. The van der Waals surface area contributed by atoms with Gasteiger partial charge in [-0.1, -0.05) is 0 Å². The molecule has 0 aliphatic carbocycles. The third-order valence-corrected chi connectivity index (χ3v) is 6.73. The highest BCUT2D eigenvalue weighted by Crippen LogP contribution is 2.32. The van der Waals surface area contributed by atoms with Crippen LogP contribution in [0.5, 0.6) is 5.75 Å².